The van der Waals surface area contributed by atoms with Crippen LogP contribution in [0.4, 0.5) is 5.69 Å². The molecule has 4 aromatic carbocycles. The molecule has 0 bridgehead atoms. The van der Waals surface area contributed by atoms with Gasteiger partial charge in [-0.05, 0) is 65.6 Å². The molecule has 0 saturated carbocycles. The lowest BCUT2D eigenvalue weighted by Gasteiger charge is -2.17. The molecule has 31 heavy (non-hydrogen) atoms. The number of nitrogens with one attached hydrogen (secondary N) is 1. The van der Waals surface area contributed by atoms with Crippen molar-refractivity contribution in [1.82, 2.24) is 0 Å². The van der Waals surface area contributed by atoms with Crippen molar-refractivity contribution in [2.45, 2.75) is 27.0 Å². The first-order valence-electron chi connectivity index (χ1n) is 10.3. The van der Waals surface area contributed by atoms with Crippen LogP contribution in [0, 0.1) is 13.8 Å². The van der Waals surface area contributed by atoms with Crippen LogP contribution in [0.15, 0.2) is 78.9 Å². The molecule has 0 aliphatic rings. The maximum atomic E-state index is 11.2. The monoisotopic (exact) mass is 411 g/mol. The fourth-order valence-electron chi connectivity index (χ4n) is 3.74. The van der Waals surface area contributed by atoms with E-state index in [1.165, 1.54) is 5.56 Å². The van der Waals surface area contributed by atoms with E-state index in [4.69, 9.17) is 4.74 Å². The Morgan fingerprint density at radius 2 is 1.68 bits per heavy atom. The molecule has 0 aromatic heterocycles. The Labute approximate surface area is 182 Å². The second kappa shape index (κ2) is 8.92. The third-order valence-electron chi connectivity index (χ3n) is 5.57. The summed E-state index contributed by atoms with van der Waals surface area (Å²) in [5.74, 6) is -0.0788. The molecule has 156 valence electrons. The number of anilines is 1. The average Bonchev–Trinajstić information content (AvgIpc) is 2.78. The summed E-state index contributed by atoms with van der Waals surface area (Å²) in [7, 11) is 0. The van der Waals surface area contributed by atoms with E-state index in [2.05, 4.69) is 42.6 Å². The Morgan fingerprint density at radius 1 is 0.903 bits per heavy atom. The largest absolute Gasteiger partial charge is 0.489 e. The van der Waals surface area contributed by atoms with Crippen molar-refractivity contribution < 1.29 is 14.6 Å². The van der Waals surface area contributed by atoms with Crippen LogP contribution in [-0.2, 0) is 13.2 Å². The first-order chi connectivity index (χ1) is 15.0. The van der Waals surface area contributed by atoms with Gasteiger partial charge in [0, 0.05) is 17.8 Å². The normalized spacial score (nSPS) is 10.8. The zero-order valence-corrected chi connectivity index (χ0v) is 17.7. The number of carbonyl (C=O) groups is 1. The van der Waals surface area contributed by atoms with Gasteiger partial charge in [0.1, 0.15) is 12.4 Å². The van der Waals surface area contributed by atoms with Crippen LogP contribution in [0.25, 0.3) is 10.8 Å². The highest BCUT2D eigenvalue weighted by Gasteiger charge is 2.11. The maximum Gasteiger partial charge on any atom is 0.335 e. The number of aromatic carboxylic acids is 1. The van der Waals surface area contributed by atoms with E-state index in [0.29, 0.717) is 13.2 Å². The second-order valence-corrected chi connectivity index (χ2v) is 7.67. The van der Waals surface area contributed by atoms with Gasteiger partial charge in [0.25, 0.3) is 0 Å². The van der Waals surface area contributed by atoms with E-state index in [1.54, 1.807) is 12.1 Å². The highest BCUT2D eigenvalue weighted by molar-refractivity contribution is 5.89. The summed E-state index contributed by atoms with van der Waals surface area (Å²) < 4.78 is 6.26. The van der Waals surface area contributed by atoms with E-state index in [-0.39, 0.29) is 5.56 Å². The van der Waals surface area contributed by atoms with Gasteiger partial charge in [-0.15, -0.1) is 0 Å². The van der Waals surface area contributed by atoms with Crippen LogP contribution >= 0.6 is 0 Å². The van der Waals surface area contributed by atoms with Crippen molar-refractivity contribution in [2.24, 2.45) is 0 Å². The van der Waals surface area contributed by atoms with Crippen molar-refractivity contribution in [2.75, 3.05) is 5.32 Å². The van der Waals surface area contributed by atoms with Crippen molar-refractivity contribution in [3.8, 4) is 5.75 Å². The standard InChI is InChI=1S/C27H25NO3/c1-18-7-3-4-9-22(18)17-31-26-14-12-20-8-5-6-10-23(20)24(26)16-28-25-13-11-21(27(29)30)15-19(25)2/h3-15,28H,16-17H2,1-2H3,(H,29,30). The minimum absolute atomic E-state index is 0.287. The smallest absolute Gasteiger partial charge is 0.335 e. The van der Waals surface area contributed by atoms with Gasteiger partial charge in [0.15, 0.2) is 0 Å². The molecular formula is C27H25NO3. The molecule has 0 amide bonds. The number of benzene rings is 4. The van der Waals surface area contributed by atoms with Gasteiger partial charge in [-0.3, -0.25) is 0 Å². The average molecular weight is 412 g/mol. The molecule has 4 heteroatoms. The highest BCUT2D eigenvalue weighted by atomic mass is 16.5. The summed E-state index contributed by atoms with van der Waals surface area (Å²) in [6, 6.07) is 25.7. The molecule has 0 spiro atoms. The summed E-state index contributed by atoms with van der Waals surface area (Å²) in [6.07, 6.45) is 0. The first kappa shape index (κ1) is 20.5. The van der Waals surface area contributed by atoms with Crippen LogP contribution in [-0.4, -0.2) is 11.1 Å². The molecule has 4 nitrogen and oxygen atoms in total. The lowest BCUT2D eigenvalue weighted by Crippen LogP contribution is -2.06. The van der Waals surface area contributed by atoms with Gasteiger partial charge < -0.3 is 15.2 Å². The van der Waals surface area contributed by atoms with E-state index < -0.39 is 5.97 Å². The molecule has 4 aromatic rings. The molecule has 0 saturated heterocycles. The number of ether oxygens (including phenoxy) is 1. The summed E-state index contributed by atoms with van der Waals surface area (Å²) in [6.45, 7) is 5.07. The third kappa shape index (κ3) is 4.53. The number of carboxylic acid groups (broad SMARTS) is 1. The molecular weight excluding hydrogens is 386 g/mol. The number of hydrogen-bond acceptors (Lipinski definition) is 3. The Bertz CT molecular complexity index is 1250. The molecule has 0 fully saturated rings. The van der Waals surface area contributed by atoms with Gasteiger partial charge >= 0.3 is 5.97 Å². The van der Waals surface area contributed by atoms with E-state index in [0.717, 1.165) is 38.9 Å². The molecule has 0 aliphatic carbocycles. The number of carboxylic acids is 1. The van der Waals surface area contributed by atoms with Gasteiger partial charge in [-0.2, -0.15) is 0 Å². The van der Waals surface area contributed by atoms with Crippen molar-refractivity contribution in [3.05, 3.63) is 107 Å². The minimum Gasteiger partial charge on any atom is -0.489 e. The molecule has 4 rings (SSSR count). The summed E-state index contributed by atoms with van der Waals surface area (Å²) in [5.41, 5.74) is 5.53. The SMILES string of the molecule is Cc1ccccc1COc1ccc2ccccc2c1CNc1ccc(C(=O)O)cc1C. The summed E-state index contributed by atoms with van der Waals surface area (Å²) in [5, 5.41) is 15.0. The van der Waals surface area contributed by atoms with Gasteiger partial charge in [0.05, 0.1) is 5.56 Å². The first-order valence-corrected chi connectivity index (χ1v) is 10.3. The molecule has 0 radical (unpaired) electrons. The number of aryl methyl sites for hydroxylation is 2. The highest BCUT2D eigenvalue weighted by Crippen LogP contribution is 2.30. The topological polar surface area (TPSA) is 58.6 Å². The lowest BCUT2D eigenvalue weighted by atomic mass is 10.0. The quantitative estimate of drug-likeness (QED) is 0.372. The summed E-state index contributed by atoms with van der Waals surface area (Å²) >= 11 is 0. The zero-order chi connectivity index (χ0) is 21.8. The fraction of sp³-hybridized carbons (Fsp3) is 0.148. The predicted molar refractivity (Wildman–Crippen MR) is 125 cm³/mol. The van der Waals surface area contributed by atoms with Gasteiger partial charge in [0.2, 0.25) is 0 Å². The summed E-state index contributed by atoms with van der Waals surface area (Å²) in [4.78, 5) is 11.2. The molecule has 2 N–H and O–H groups in total. The van der Waals surface area contributed by atoms with E-state index >= 15 is 0 Å². The van der Waals surface area contributed by atoms with Crippen LogP contribution in [0.1, 0.15) is 32.6 Å². The Kier molecular flexibility index (Phi) is 5.89. The third-order valence-corrected chi connectivity index (χ3v) is 5.57. The van der Waals surface area contributed by atoms with E-state index in [9.17, 15) is 9.90 Å². The zero-order valence-electron chi connectivity index (χ0n) is 17.7. The number of rotatable bonds is 7. The Hall–Kier alpha value is -3.79. The van der Waals surface area contributed by atoms with Crippen LogP contribution in [0.2, 0.25) is 0 Å². The van der Waals surface area contributed by atoms with Gasteiger partial charge in [-0.25, -0.2) is 4.79 Å². The van der Waals surface area contributed by atoms with E-state index in [1.807, 2.05) is 43.3 Å². The van der Waals surface area contributed by atoms with Crippen LogP contribution < -0.4 is 10.1 Å². The lowest BCUT2D eigenvalue weighted by molar-refractivity contribution is 0.0697. The fourth-order valence-corrected chi connectivity index (χ4v) is 3.74. The molecule has 0 atom stereocenters. The number of hydrogen-bond donors (Lipinski definition) is 2. The minimum atomic E-state index is -0.921. The number of fused-ring (bicyclic) bond motifs is 1. The van der Waals surface area contributed by atoms with Crippen molar-refractivity contribution >= 4 is 22.4 Å². The van der Waals surface area contributed by atoms with Gasteiger partial charge in [-0.1, -0.05) is 54.6 Å². The molecule has 0 heterocycles. The van der Waals surface area contributed by atoms with Crippen molar-refractivity contribution in [3.63, 3.8) is 0 Å². The second-order valence-electron chi connectivity index (χ2n) is 7.67. The Balaban J connectivity index is 1.63. The van der Waals surface area contributed by atoms with Crippen molar-refractivity contribution in [1.29, 1.82) is 0 Å². The predicted octanol–water partition coefficient (Wildman–Crippen LogP) is 6.35. The maximum absolute atomic E-state index is 11.2. The molecule has 0 aliphatic heterocycles. The Morgan fingerprint density at radius 3 is 2.45 bits per heavy atom. The van der Waals surface area contributed by atoms with Crippen LogP contribution in [0.3, 0.4) is 0 Å². The van der Waals surface area contributed by atoms with Crippen LogP contribution in [0.5, 0.6) is 5.75 Å². The molecule has 0 unspecified atom stereocenters.